The third kappa shape index (κ3) is 1.36. The van der Waals surface area contributed by atoms with Crippen LogP contribution >= 0.6 is 0 Å². The van der Waals surface area contributed by atoms with Crippen LogP contribution in [0.2, 0.25) is 0 Å². The maximum Gasteiger partial charge on any atom is 0.259 e. The topological polar surface area (TPSA) is 110 Å². The number of aliphatic hydroxyl groups excluding tert-OH is 1. The minimum Gasteiger partial charge on any atom is -0.493 e. The van der Waals surface area contributed by atoms with E-state index in [2.05, 4.69) is 15.1 Å². The summed E-state index contributed by atoms with van der Waals surface area (Å²) in [6.07, 6.45) is 0.404. The van der Waals surface area contributed by atoms with Crippen LogP contribution in [-0.4, -0.2) is 43.2 Å². The van der Waals surface area contributed by atoms with Crippen molar-refractivity contribution in [3.8, 4) is 11.8 Å². The van der Waals surface area contributed by atoms with Crippen molar-refractivity contribution < 1.29 is 19.7 Å². The summed E-state index contributed by atoms with van der Waals surface area (Å²) in [7, 11) is 1.31. The normalized spacial score (nSPS) is 10.6. The SMILES string of the molecule is COc1nc2nc(CO)nn2c(O)c1C=O. The summed E-state index contributed by atoms with van der Waals surface area (Å²) < 4.78 is 5.78. The minimum absolute atomic E-state index is 0.0445. The summed E-state index contributed by atoms with van der Waals surface area (Å²) in [6, 6.07) is 0. The van der Waals surface area contributed by atoms with Crippen molar-refractivity contribution in [1.29, 1.82) is 0 Å². The molecule has 0 aromatic carbocycles. The van der Waals surface area contributed by atoms with Gasteiger partial charge in [0.05, 0.1) is 7.11 Å². The van der Waals surface area contributed by atoms with Crippen LogP contribution in [0.15, 0.2) is 0 Å². The summed E-state index contributed by atoms with van der Waals surface area (Å²) in [4.78, 5) is 18.4. The molecule has 84 valence electrons. The number of nitrogens with zero attached hydrogens (tertiary/aromatic N) is 4. The standard InChI is InChI=1S/C8H8N4O4/c1-16-6-4(2-13)7(15)12-8(10-6)9-5(3-14)11-12/h2,14-15H,3H2,1H3. The lowest BCUT2D eigenvalue weighted by Crippen LogP contribution is -2.01. The Labute approximate surface area is 89.1 Å². The Morgan fingerprint density at radius 1 is 1.50 bits per heavy atom. The molecule has 0 saturated carbocycles. The number of carbonyl (C=O) groups is 1. The molecule has 8 nitrogen and oxygen atoms in total. The summed E-state index contributed by atoms with van der Waals surface area (Å²) in [5.41, 5.74) is -0.121. The molecular weight excluding hydrogens is 216 g/mol. The van der Waals surface area contributed by atoms with Gasteiger partial charge in [0.15, 0.2) is 12.1 Å². The van der Waals surface area contributed by atoms with Crippen molar-refractivity contribution in [2.45, 2.75) is 6.61 Å². The van der Waals surface area contributed by atoms with Crippen LogP contribution in [0, 0.1) is 0 Å². The number of hydrogen-bond acceptors (Lipinski definition) is 7. The summed E-state index contributed by atoms with van der Waals surface area (Å²) in [5, 5.41) is 22.3. The van der Waals surface area contributed by atoms with Gasteiger partial charge in [-0.2, -0.15) is 14.5 Å². The first-order valence-corrected chi connectivity index (χ1v) is 4.30. The average molecular weight is 224 g/mol. The van der Waals surface area contributed by atoms with Crippen LogP contribution < -0.4 is 4.74 Å². The zero-order valence-electron chi connectivity index (χ0n) is 8.28. The molecular formula is C8H8N4O4. The lowest BCUT2D eigenvalue weighted by molar-refractivity contribution is 0.111. The molecule has 0 fully saturated rings. The van der Waals surface area contributed by atoms with Crippen LogP contribution in [-0.2, 0) is 6.61 Å². The van der Waals surface area contributed by atoms with Gasteiger partial charge >= 0.3 is 0 Å². The van der Waals surface area contributed by atoms with E-state index in [9.17, 15) is 9.90 Å². The molecule has 8 heteroatoms. The smallest absolute Gasteiger partial charge is 0.259 e. The molecule has 0 atom stereocenters. The second-order valence-electron chi connectivity index (χ2n) is 2.87. The highest BCUT2D eigenvalue weighted by molar-refractivity contribution is 5.82. The van der Waals surface area contributed by atoms with E-state index in [0.29, 0.717) is 6.29 Å². The maximum atomic E-state index is 10.7. The Morgan fingerprint density at radius 2 is 2.25 bits per heavy atom. The number of aromatic hydroxyl groups is 1. The summed E-state index contributed by atoms with van der Waals surface area (Å²) >= 11 is 0. The molecule has 2 aromatic rings. The van der Waals surface area contributed by atoms with E-state index in [-0.39, 0.29) is 29.7 Å². The first kappa shape index (κ1) is 10.3. The van der Waals surface area contributed by atoms with Gasteiger partial charge in [0.2, 0.25) is 11.8 Å². The molecule has 0 unspecified atom stereocenters. The van der Waals surface area contributed by atoms with E-state index in [1.807, 2.05) is 0 Å². The monoisotopic (exact) mass is 224 g/mol. The number of hydrogen-bond donors (Lipinski definition) is 2. The van der Waals surface area contributed by atoms with E-state index in [1.54, 1.807) is 0 Å². The quantitative estimate of drug-likeness (QED) is 0.653. The molecule has 2 N–H and O–H groups in total. The zero-order valence-corrected chi connectivity index (χ0v) is 8.28. The highest BCUT2D eigenvalue weighted by atomic mass is 16.5. The van der Waals surface area contributed by atoms with Crippen LogP contribution in [0.5, 0.6) is 11.8 Å². The van der Waals surface area contributed by atoms with E-state index in [4.69, 9.17) is 9.84 Å². The number of carbonyl (C=O) groups excluding carboxylic acids is 1. The van der Waals surface area contributed by atoms with Crippen LogP contribution in [0.3, 0.4) is 0 Å². The van der Waals surface area contributed by atoms with Crippen molar-refractivity contribution in [3.63, 3.8) is 0 Å². The first-order valence-electron chi connectivity index (χ1n) is 4.30. The Bertz CT molecular complexity index is 550. The van der Waals surface area contributed by atoms with Crippen molar-refractivity contribution in [2.24, 2.45) is 0 Å². The molecule has 2 heterocycles. The number of rotatable bonds is 3. The molecule has 0 radical (unpaired) electrons. The van der Waals surface area contributed by atoms with Gasteiger partial charge in [0, 0.05) is 0 Å². The molecule has 0 spiro atoms. The second-order valence-corrected chi connectivity index (χ2v) is 2.87. The van der Waals surface area contributed by atoms with Gasteiger partial charge in [-0.05, 0) is 0 Å². The highest BCUT2D eigenvalue weighted by Gasteiger charge is 2.17. The molecule has 0 aliphatic heterocycles. The molecule has 0 aliphatic rings. The third-order valence-electron chi connectivity index (χ3n) is 1.96. The Hall–Kier alpha value is -2.22. The number of fused-ring (bicyclic) bond motifs is 1. The molecule has 0 saturated heterocycles. The number of aromatic nitrogens is 4. The minimum atomic E-state index is -0.427. The van der Waals surface area contributed by atoms with Gasteiger partial charge in [-0.1, -0.05) is 0 Å². The maximum absolute atomic E-state index is 10.7. The summed E-state index contributed by atoms with van der Waals surface area (Å²) in [5.74, 6) is -0.335. The van der Waals surface area contributed by atoms with Crippen LogP contribution in [0.25, 0.3) is 5.78 Å². The number of aldehydes is 1. The number of methoxy groups -OCH3 is 1. The predicted molar refractivity (Wildman–Crippen MR) is 50.3 cm³/mol. The molecule has 0 amide bonds. The van der Waals surface area contributed by atoms with Crippen molar-refractivity contribution in [1.82, 2.24) is 19.6 Å². The second kappa shape index (κ2) is 3.74. The highest BCUT2D eigenvalue weighted by Crippen LogP contribution is 2.24. The van der Waals surface area contributed by atoms with E-state index in [0.717, 1.165) is 4.52 Å². The third-order valence-corrected chi connectivity index (χ3v) is 1.96. The average Bonchev–Trinajstić information content (AvgIpc) is 2.72. The fourth-order valence-corrected chi connectivity index (χ4v) is 1.25. The Kier molecular flexibility index (Phi) is 2.41. The first-order chi connectivity index (χ1) is 7.71. The van der Waals surface area contributed by atoms with E-state index >= 15 is 0 Å². The van der Waals surface area contributed by atoms with Crippen LogP contribution in [0.4, 0.5) is 0 Å². The van der Waals surface area contributed by atoms with Gasteiger partial charge in [0.25, 0.3) is 5.78 Å². The van der Waals surface area contributed by atoms with Gasteiger partial charge < -0.3 is 14.9 Å². The molecule has 2 aromatic heterocycles. The van der Waals surface area contributed by atoms with Crippen LogP contribution in [0.1, 0.15) is 16.2 Å². The lowest BCUT2D eigenvalue weighted by atomic mass is 10.3. The fourth-order valence-electron chi connectivity index (χ4n) is 1.25. The number of ether oxygens (including phenoxy) is 1. The van der Waals surface area contributed by atoms with Gasteiger partial charge in [-0.25, -0.2) is 0 Å². The Morgan fingerprint density at radius 3 is 2.81 bits per heavy atom. The van der Waals surface area contributed by atoms with Gasteiger partial charge in [0.1, 0.15) is 12.2 Å². The predicted octanol–water partition coefficient (Wildman–Crippen LogP) is -0.857. The summed E-state index contributed by atoms with van der Waals surface area (Å²) in [6.45, 7) is -0.387. The molecule has 2 rings (SSSR count). The van der Waals surface area contributed by atoms with Crippen molar-refractivity contribution >= 4 is 12.1 Å². The molecule has 0 aliphatic carbocycles. The lowest BCUT2D eigenvalue weighted by Gasteiger charge is -2.04. The van der Waals surface area contributed by atoms with E-state index < -0.39 is 5.88 Å². The molecule has 16 heavy (non-hydrogen) atoms. The van der Waals surface area contributed by atoms with Gasteiger partial charge in [-0.3, -0.25) is 4.79 Å². The molecule has 0 bridgehead atoms. The zero-order chi connectivity index (χ0) is 11.7. The van der Waals surface area contributed by atoms with Crippen molar-refractivity contribution in [3.05, 3.63) is 11.4 Å². The largest absolute Gasteiger partial charge is 0.493 e. The van der Waals surface area contributed by atoms with E-state index in [1.165, 1.54) is 7.11 Å². The van der Waals surface area contributed by atoms with Crippen molar-refractivity contribution in [2.75, 3.05) is 7.11 Å². The fraction of sp³-hybridized carbons (Fsp3) is 0.250. The Balaban J connectivity index is 2.79. The van der Waals surface area contributed by atoms with Gasteiger partial charge in [-0.15, -0.1) is 5.10 Å². The number of aliphatic hydroxyl groups is 1.